The summed E-state index contributed by atoms with van der Waals surface area (Å²) in [6.07, 6.45) is 0.114. The van der Waals surface area contributed by atoms with Crippen molar-refractivity contribution in [3.63, 3.8) is 0 Å². The van der Waals surface area contributed by atoms with E-state index in [2.05, 4.69) is 0 Å². The molecule has 0 bridgehead atoms. The van der Waals surface area contributed by atoms with Crippen LogP contribution >= 0.6 is 0 Å². The predicted molar refractivity (Wildman–Crippen MR) is 97.3 cm³/mol. The quantitative estimate of drug-likeness (QED) is 0.604. The number of hydrogen-bond acceptors (Lipinski definition) is 6. The van der Waals surface area contributed by atoms with Crippen LogP contribution in [0, 0.1) is 10.1 Å². The van der Waals surface area contributed by atoms with Gasteiger partial charge in [-0.2, -0.15) is 0 Å². The third kappa shape index (κ3) is 3.38. The van der Waals surface area contributed by atoms with E-state index in [9.17, 15) is 14.9 Å². The highest BCUT2D eigenvalue weighted by Gasteiger charge is 2.34. The summed E-state index contributed by atoms with van der Waals surface area (Å²) >= 11 is 0. The van der Waals surface area contributed by atoms with E-state index in [0.717, 1.165) is 11.1 Å². The van der Waals surface area contributed by atoms with Crippen molar-refractivity contribution in [3.05, 3.63) is 63.2 Å². The van der Waals surface area contributed by atoms with E-state index in [1.807, 2.05) is 12.1 Å². The predicted octanol–water partition coefficient (Wildman–Crippen LogP) is 3.33. The van der Waals surface area contributed by atoms with Crippen LogP contribution < -0.4 is 9.47 Å². The van der Waals surface area contributed by atoms with Crippen LogP contribution in [0.3, 0.4) is 0 Å². The van der Waals surface area contributed by atoms with Crippen molar-refractivity contribution in [2.45, 2.75) is 12.5 Å². The van der Waals surface area contributed by atoms with E-state index in [1.165, 1.54) is 26.4 Å². The van der Waals surface area contributed by atoms with Crippen molar-refractivity contribution in [2.75, 3.05) is 27.9 Å². The zero-order valence-corrected chi connectivity index (χ0v) is 15.3. The molecule has 0 radical (unpaired) electrons. The van der Waals surface area contributed by atoms with Gasteiger partial charge >= 0.3 is 6.09 Å². The number of carbonyl (C=O) groups excluding carboxylic acids is 1. The molecule has 0 saturated carbocycles. The highest BCUT2D eigenvalue weighted by Crippen LogP contribution is 2.41. The fourth-order valence-corrected chi connectivity index (χ4v) is 3.43. The maximum Gasteiger partial charge on any atom is 0.410 e. The molecule has 8 nitrogen and oxygen atoms in total. The number of hydrogen-bond donors (Lipinski definition) is 0. The van der Waals surface area contributed by atoms with Crippen molar-refractivity contribution >= 4 is 11.8 Å². The molecule has 3 rings (SSSR count). The molecule has 142 valence electrons. The number of amides is 1. The van der Waals surface area contributed by atoms with Gasteiger partial charge < -0.3 is 14.2 Å². The largest absolute Gasteiger partial charge is 0.493 e. The van der Waals surface area contributed by atoms with Gasteiger partial charge in [0, 0.05) is 18.7 Å². The molecule has 27 heavy (non-hydrogen) atoms. The second-order valence-corrected chi connectivity index (χ2v) is 6.07. The van der Waals surface area contributed by atoms with Crippen molar-refractivity contribution in [1.29, 1.82) is 0 Å². The standard InChI is InChI=1S/C19H20N2O6/c1-25-16-10-12-7-8-20(19(22)27-3)18(15(12)11-17(16)26-2)13-5-4-6-14(9-13)21(23)24/h4-6,9-11,18H,7-8H2,1-3H3. The van der Waals surface area contributed by atoms with Gasteiger partial charge in [0.1, 0.15) is 0 Å². The summed E-state index contributed by atoms with van der Waals surface area (Å²) in [7, 11) is 4.41. The molecule has 2 aromatic rings. The molecule has 1 unspecified atom stereocenters. The Bertz CT molecular complexity index is 882. The first-order valence-electron chi connectivity index (χ1n) is 8.34. The summed E-state index contributed by atoms with van der Waals surface area (Å²) in [5.74, 6) is 1.12. The molecule has 0 spiro atoms. The molecule has 8 heteroatoms. The number of nitrogens with zero attached hydrogens (tertiary/aromatic N) is 2. The molecule has 1 aliphatic heterocycles. The second-order valence-electron chi connectivity index (χ2n) is 6.07. The van der Waals surface area contributed by atoms with Gasteiger partial charge in [-0.05, 0) is 35.2 Å². The van der Waals surface area contributed by atoms with Crippen molar-refractivity contribution in [2.24, 2.45) is 0 Å². The van der Waals surface area contributed by atoms with Crippen LogP contribution in [0.1, 0.15) is 22.7 Å². The molecule has 1 aliphatic rings. The summed E-state index contributed by atoms with van der Waals surface area (Å²) < 4.78 is 15.7. The first kappa shape index (κ1) is 18.5. The van der Waals surface area contributed by atoms with E-state index in [4.69, 9.17) is 14.2 Å². The fourth-order valence-electron chi connectivity index (χ4n) is 3.43. The van der Waals surface area contributed by atoms with E-state index in [0.29, 0.717) is 30.0 Å². The van der Waals surface area contributed by atoms with Crippen LogP contribution in [-0.2, 0) is 11.2 Å². The van der Waals surface area contributed by atoms with E-state index >= 15 is 0 Å². The first-order chi connectivity index (χ1) is 13.0. The van der Waals surface area contributed by atoms with E-state index in [-0.39, 0.29) is 5.69 Å². The summed E-state index contributed by atoms with van der Waals surface area (Å²) in [5.41, 5.74) is 2.40. The molecule has 0 aliphatic carbocycles. The number of rotatable bonds is 4. The number of nitro benzene ring substituents is 1. The Morgan fingerprint density at radius 1 is 1.15 bits per heavy atom. The summed E-state index contributed by atoms with van der Waals surface area (Å²) in [6.45, 7) is 0.419. The zero-order valence-electron chi connectivity index (χ0n) is 15.3. The topological polar surface area (TPSA) is 91.1 Å². The lowest BCUT2D eigenvalue weighted by molar-refractivity contribution is -0.384. The Hall–Kier alpha value is -3.29. The van der Waals surface area contributed by atoms with Gasteiger partial charge in [-0.25, -0.2) is 4.79 Å². The fraction of sp³-hybridized carbons (Fsp3) is 0.316. The molecule has 1 atom stereocenters. The highest BCUT2D eigenvalue weighted by atomic mass is 16.6. The Balaban J connectivity index is 2.19. The van der Waals surface area contributed by atoms with Gasteiger partial charge in [-0.15, -0.1) is 0 Å². The average molecular weight is 372 g/mol. The van der Waals surface area contributed by atoms with Crippen LogP contribution in [0.4, 0.5) is 10.5 Å². The monoisotopic (exact) mass is 372 g/mol. The first-order valence-corrected chi connectivity index (χ1v) is 8.34. The number of benzene rings is 2. The second kappa shape index (κ2) is 7.53. The van der Waals surface area contributed by atoms with E-state index < -0.39 is 17.1 Å². The number of nitro groups is 1. The van der Waals surface area contributed by atoms with Gasteiger partial charge in [0.2, 0.25) is 0 Å². The number of ether oxygens (including phenoxy) is 3. The van der Waals surface area contributed by atoms with Crippen molar-refractivity contribution in [3.8, 4) is 11.5 Å². The van der Waals surface area contributed by atoms with Crippen LogP contribution in [0.15, 0.2) is 36.4 Å². The maximum absolute atomic E-state index is 12.4. The molecule has 0 N–H and O–H groups in total. The lowest BCUT2D eigenvalue weighted by Gasteiger charge is -2.37. The smallest absolute Gasteiger partial charge is 0.410 e. The minimum atomic E-state index is -0.527. The highest BCUT2D eigenvalue weighted by molar-refractivity contribution is 5.70. The molecule has 0 fully saturated rings. The minimum absolute atomic E-state index is 0.0371. The van der Waals surface area contributed by atoms with Gasteiger partial charge in [-0.1, -0.05) is 12.1 Å². The molecule has 0 saturated heterocycles. The van der Waals surface area contributed by atoms with Crippen LogP contribution in [0.2, 0.25) is 0 Å². The Morgan fingerprint density at radius 3 is 2.48 bits per heavy atom. The SMILES string of the molecule is COC(=O)N1CCc2cc(OC)c(OC)cc2C1c1cccc([N+](=O)[O-])c1. The molecular formula is C19H20N2O6. The third-order valence-electron chi connectivity index (χ3n) is 4.68. The number of non-ortho nitro benzene ring substituents is 1. The van der Waals surface area contributed by atoms with Gasteiger partial charge in [0.15, 0.2) is 11.5 Å². The van der Waals surface area contributed by atoms with Crippen LogP contribution in [-0.4, -0.2) is 43.8 Å². The summed E-state index contributed by atoms with van der Waals surface area (Å²) in [4.78, 5) is 24.7. The molecular weight excluding hydrogens is 352 g/mol. The lowest BCUT2D eigenvalue weighted by Crippen LogP contribution is -2.40. The van der Waals surface area contributed by atoms with Crippen molar-refractivity contribution < 1.29 is 23.9 Å². The van der Waals surface area contributed by atoms with Gasteiger partial charge in [0.05, 0.1) is 32.3 Å². The molecule has 1 heterocycles. The Kier molecular flexibility index (Phi) is 5.16. The maximum atomic E-state index is 12.4. The number of fused-ring (bicyclic) bond motifs is 1. The van der Waals surface area contributed by atoms with Gasteiger partial charge in [-0.3, -0.25) is 15.0 Å². The normalized spacial score (nSPS) is 15.7. The molecule has 2 aromatic carbocycles. The number of methoxy groups -OCH3 is 3. The van der Waals surface area contributed by atoms with Crippen LogP contribution in [0.5, 0.6) is 11.5 Å². The van der Waals surface area contributed by atoms with Crippen LogP contribution in [0.25, 0.3) is 0 Å². The summed E-state index contributed by atoms with van der Waals surface area (Å²) in [5, 5.41) is 11.2. The molecule has 1 amide bonds. The molecule has 0 aromatic heterocycles. The summed E-state index contributed by atoms with van der Waals surface area (Å²) in [6, 6.07) is 9.44. The van der Waals surface area contributed by atoms with E-state index in [1.54, 1.807) is 24.1 Å². The Labute approximate surface area is 156 Å². The average Bonchev–Trinajstić information content (AvgIpc) is 2.71. The van der Waals surface area contributed by atoms with Gasteiger partial charge in [0.25, 0.3) is 5.69 Å². The van der Waals surface area contributed by atoms with Crippen molar-refractivity contribution in [1.82, 2.24) is 4.90 Å². The lowest BCUT2D eigenvalue weighted by atomic mass is 9.87. The third-order valence-corrected chi connectivity index (χ3v) is 4.68. The minimum Gasteiger partial charge on any atom is -0.493 e. The Morgan fingerprint density at radius 2 is 1.85 bits per heavy atom. The zero-order chi connectivity index (χ0) is 19.6. The number of carbonyl (C=O) groups is 1.